The Kier molecular flexibility index (Phi) is 4.65. The first-order valence-electron chi connectivity index (χ1n) is 7.67. The van der Waals surface area contributed by atoms with Crippen LogP contribution in [0.2, 0.25) is 0 Å². The molecule has 1 fully saturated rings. The number of piperazine rings is 1. The molecule has 1 aliphatic heterocycles. The first kappa shape index (κ1) is 15.2. The molecule has 7 nitrogen and oxygen atoms in total. The zero-order chi connectivity index (χ0) is 16.1. The summed E-state index contributed by atoms with van der Waals surface area (Å²) >= 11 is 0. The van der Waals surface area contributed by atoms with Crippen molar-refractivity contribution < 1.29 is 4.79 Å². The Hall–Kier alpha value is -2.70. The van der Waals surface area contributed by atoms with Gasteiger partial charge in [-0.2, -0.15) is 0 Å². The lowest BCUT2D eigenvalue weighted by atomic mass is 10.3. The fraction of sp³-hybridized carbons (Fsp3) is 0.375. The van der Waals surface area contributed by atoms with Crippen LogP contribution in [0.15, 0.2) is 36.9 Å². The van der Waals surface area contributed by atoms with Gasteiger partial charge >= 0.3 is 6.03 Å². The second-order valence-electron chi connectivity index (χ2n) is 5.49. The van der Waals surface area contributed by atoms with E-state index in [1.54, 1.807) is 24.8 Å². The second-order valence-corrected chi connectivity index (χ2v) is 5.49. The number of aryl methyl sites for hydroxylation is 1. The van der Waals surface area contributed by atoms with Crippen molar-refractivity contribution in [2.75, 3.05) is 31.1 Å². The Morgan fingerprint density at radius 1 is 1.13 bits per heavy atom. The number of urea groups is 1. The molecule has 0 aromatic carbocycles. The van der Waals surface area contributed by atoms with Gasteiger partial charge in [0.15, 0.2) is 0 Å². The molecule has 0 unspecified atom stereocenters. The number of anilines is 1. The molecule has 0 spiro atoms. The van der Waals surface area contributed by atoms with Crippen LogP contribution in [0.1, 0.15) is 11.4 Å². The molecule has 2 aromatic rings. The van der Waals surface area contributed by atoms with Gasteiger partial charge in [0.25, 0.3) is 0 Å². The molecule has 0 atom stereocenters. The van der Waals surface area contributed by atoms with Crippen molar-refractivity contribution in [1.29, 1.82) is 0 Å². The second kappa shape index (κ2) is 7.04. The van der Waals surface area contributed by atoms with E-state index in [1.165, 1.54) is 0 Å². The summed E-state index contributed by atoms with van der Waals surface area (Å²) in [4.78, 5) is 28.8. The van der Waals surface area contributed by atoms with Crippen LogP contribution >= 0.6 is 0 Å². The summed E-state index contributed by atoms with van der Waals surface area (Å²) in [5, 5.41) is 2.90. The molecular weight excluding hydrogens is 292 g/mol. The highest BCUT2D eigenvalue weighted by molar-refractivity contribution is 5.74. The summed E-state index contributed by atoms with van der Waals surface area (Å²) in [6.07, 6.45) is 6.97. The lowest BCUT2D eigenvalue weighted by Gasteiger charge is -2.36. The third-order valence-corrected chi connectivity index (χ3v) is 3.85. The van der Waals surface area contributed by atoms with Crippen molar-refractivity contribution in [3.05, 3.63) is 48.3 Å². The van der Waals surface area contributed by atoms with E-state index in [2.05, 4.69) is 25.2 Å². The van der Waals surface area contributed by atoms with E-state index in [1.807, 2.05) is 24.0 Å². The lowest BCUT2D eigenvalue weighted by molar-refractivity contribution is 0.194. The Bertz CT molecular complexity index is 637. The largest absolute Gasteiger partial charge is 0.368 e. The van der Waals surface area contributed by atoms with E-state index < -0.39 is 0 Å². The average Bonchev–Trinajstić information content (AvgIpc) is 2.62. The molecule has 120 valence electrons. The molecule has 0 aliphatic carbocycles. The number of rotatable bonds is 3. The van der Waals surface area contributed by atoms with Gasteiger partial charge in [0, 0.05) is 50.5 Å². The highest BCUT2D eigenvalue weighted by Gasteiger charge is 2.21. The number of pyridine rings is 1. The van der Waals surface area contributed by atoms with E-state index in [0.29, 0.717) is 19.6 Å². The van der Waals surface area contributed by atoms with Crippen LogP contribution < -0.4 is 10.2 Å². The Morgan fingerprint density at radius 2 is 1.87 bits per heavy atom. The van der Waals surface area contributed by atoms with E-state index in [0.717, 1.165) is 30.2 Å². The van der Waals surface area contributed by atoms with Crippen LogP contribution in [0.4, 0.5) is 10.5 Å². The summed E-state index contributed by atoms with van der Waals surface area (Å²) in [5.74, 6) is 0. The minimum atomic E-state index is -0.0539. The summed E-state index contributed by atoms with van der Waals surface area (Å²) in [7, 11) is 0. The van der Waals surface area contributed by atoms with Crippen LogP contribution in [-0.4, -0.2) is 52.1 Å². The van der Waals surface area contributed by atoms with Crippen LogP contribution in [0.25, 0.3) is 0 Å². The molecule has 2 aromatic heterocycles. The van der Waals surface area contributed by atoms with E-state index >= 15 is 0 Å². The maximum atomic E-state index is 12.2. The van der Waals surface area contributed by atoms with Gasteiger partial charge in [-0.05, 0) is 19.1 Å². The Balaban J connectivity index is 1.47. The topological polar surface area (TPSA) is 74.2 Å². The summed E-state index contributed by atoms with van der Waals surface area (Å²) in [6.45, 7) is 5.33. The smallest absolute Gasteiger partial charge is 0.317 e. The van der Waals surface area contributed by atoms with Gasteiger partial charge in [-0.25, -0.2) is 4.79 Å². The predicted molar refractivity (Wildman–Crippen MR) is 87.0 cm³/mol. The minimum absolute atomic E-state index is 0.0539. The maximum absolute atomic E-state index is 12.2. The molecule has 1 aliphatic rings. The van der Waals surface area contributed by atoms with Crippen molar-refractivity contribution in [3.63, 3.8) is 0 Å². The molecule has 7 heteroatoms. The van der Waals surface area contributed by atoms with Gasteiger partial charge in [-0.3, -0.25) is 15.0 Å². The zero-order valence-electron chi connectivity index (χ0n) is 13.1. The van der Waals surface area contributed by atoms with Gasteiger partial charge in [0.05, 0.1) is 24.1 Å². The summed E-state index contributed by atoms with van der Waals surface area (Å²) in [5.41, 5.74) is 2.78. The highest BCUT2D eigenvalue weighted by Crippen LogP contribution is 2.14. The standard InChI is InChI=1S/C16H20N6O/c1-13-10-19-14(11-18-13)12-20-16(23)22-8-6-21(7-9-22)15-2-4-17-5-3-15/h2-5,10-11H,6-9,12H2,1H3,(H,20,23). The molecule has 0 bridgehead atoms. The van der Waals surface area contributed by atoms with Crippen molar-refractivity contribution >= 4 is 11.7 Å². The third kappa shape index (κ3) is 3.94. The Morgan fingerprint density at radius 3 is 2.52 bits per heavy atom. The molecule has 0 saturated carbocycles. The number of aromatic nitrogens is 3. The van der Waals surface area contributed by atoms with Crippen LogP contribution in [0, 0.1) is 6.92 Å². The van der Waals surface area contributed by atoms with Crippen LogP contribution in [0.3, 0.4) is 0 Å². The number of nitrogens with one attached hydrogen (secondary N) is 1. The van der Waals surface area contributed by atoms with Gasteiger partial charge in [0.2, 0.25) is 0 Å². The van der Waals surface area contributed by atoms with E-state index in [-0.39, 0.29) is 6.03 Å². The van der Waals surface area contributed by atoms with Crippen molar-refractivity contribution in [2.24, 2.45) is 0 Å². The molecule has 3 heterocycles. The molecular formula is C16H20N6O. The van der Waals surface area contributed by atoms with Crippen LogP contribution in [0.5, 0.6) is 0 Å². The van der Waals surface area contributed by atoms with Crippen LogP contribution in [-0.2, 0) is 6.54 Å². The maximum Gasteiger partial charge on any atom is 0.317 e. The molecule has 1 saturated heterocycles. The number of amides is 2. The highest BCUT2D eigenvalue weighted by atomic mass is 16.2. The average molecular weight is 312 g/mol. The quantitative estimate of drug-likeness (QED) is 0.922. The van der Waals surface area contributed by atoms with Crippen molar-refractivity contribution in [3.8, 4) is 0 Å². The first-order chi connectivity index (χ1) is 11.2. The predicted octanol–water partition coefficient (Wildman–Crippen LogP) is 1.21. The molecule has 0 radical (unpaired) electrons. The minimum Gasteiger partial charge on any atom is -0.368 e. The SMILES string of the molecule is Cc1cnc(CNC(=O)N2CCN(c3ccncc3)CC2)cn1. The molecule has 1 N–H and O–H groups in total. The van der Waals surface area contributed by atoms with Gasteiger partial charge in [-0.15, -0.1) is 0 Å². The molecule has 23 heavy (non-hydrogen) atoms. The van der Waals surface area contributed by atoms with E-state index in [4.69, 9.17) is 0 Å². The third-order valence-electron chi connectivity index (χ3n) is 3.85. The number of nitrogens with zero attached hydrogens (tertiary/aromatic N) is 5. The number of hydrogen-bond donors (Lipinski definition) is 1. The lowest BCUT2D eigenvalue weighted by Crippen LogP contribution is -2.51. The fourth-order valence-electron chi connectivity index (χ4n) is 2.51. The zero-order valence-corrected chi connectivity index (χ0v) is 13.1. The molecule has 2 amide bonds. The van der Waals surface area contributed by atoms with Gasteiger partial charge < -0.3 is 15.1 Å². The molecule has 3 rings (SSSR count). The number of carbonyl (C=O) groups excluding carboxylic acids is 1. The Labute approximate surface area is 135 Å². The van der Waals surface area contributed by atoms with E-state index in [9.17, 15) is 4.79 Å². The van der Waals surface area contributed by atoms with Crippen molar-refractivity contribution in [2.45, 2.75) is 13.5 Å². The van der Waals surface area contributed by atoms with Gasteiger partial charge in [-0.1, -0.05) is 0 Å². The summed E-state index contributed by atoms with van der Waals surface area (Å²) < 4.78 is 0. The fourth-order valence-corrected chi connectivity index (χ4v) is 2.51. The van der Waals surface area contributed by atoms with Crippen molar-refractivity contribution in [1.82, 2.24) is 25.2 Å². The monoisotopic (exact) mass is 312 g/mol. The van der Waals surface area contributed by atoms with Gasteiger partial charge in [0.1, 0.15) is 0 Å². The number of hydrogen-bond acceptors (Lipinski definition) is 5. The first-order valence-corrected chi connectivity index (χ1v) is 7.67. The normalized spacial score (nSPS) is 14.7. The number of carbonyl (C=O) groups is 1. The summed E-state index contributed by atoms with van der Waals surface area (Å²) in [6, 6.07) is 3.93.